The SMILES string of the molecule is O=C(O)C1CCCC(C(=O)NCCc2ccc3c(c2)CCO3)C1. The molecule has 2 atom stereocenters. The number of rotatable bonds is 5. The maximum Gasteiger partial charge on any atom is 0.306 e. The molecule has 1 amide bonds. The maximum atomic E-state index is 12.2. The lowest BCUT2D eigenvalue weighted by Crippen LogP contribution is -2.36. The van der Waals surface area contributed by atoms with Crippen molar-refractivity contribution < 1.29 is 19.4 Å². The molecule has 124 valence electrons. The van der Waals surface area contributed by atoms with Gasteiger partial charge < -0.3 is 15.2 Å². The summed E-state index contributed by atoms with van der Waals surface area (Å²) in [5.41, 5.74) is 2.44. The highest BCUT2D eigenvalue weighted by Crippen LogP contribution is 2.29. The normalized spacial score (nSPS) is 23.0. The van der Waals surface area contributed by atoms with Crippen LogP contribution in [-0.4, -0.2) is 30.1 Å². The van der Waals surface area contributed by atoms with Gasteiger partial charge in [-0.1, -0.05) is 18.6 Å². The van der Waals surface area contributed by atoms with Crippen molar-refractivity contribution in [2.45, 2.75) is 38.5 Å². The molecule has 0 saturated heterocycles. The summed E-state index contributed by atoms with van der Waals surface area (Å²) in [5.74, 6) is -0.322. The molecule has 2 N–H and O–H groups in total. The average Bonchev–Trinajstić information content (AvgIpc) is 3.02. The van der Waals surface area contributed by atoms with E-state index in [0.29, 0.717) is 19.4 Å². The molecule has 0 radical (unpaired) electrons. The highest BCUT2D eigenvalue weighted by atomic mass is 16.5. The van der Waals surface area contributed by atoms with E-state index in [1.807, 2.05) is 12.1 Å². The van der Waals surface area contributed by atoms with E-state index in [2.05, 4.69) is 11.4 Å². The smallest absolute Gasteiger partial charge is 0.306 e. The van der Waals surface area contributed by atoms with Crippen LogP contribution in [0.15, 0.2) is 18.2 Å². The molecule has 1 aromatic rings. The van der Waals surface area contributed by atoms with E-state index in [0.717, 1.165) is 38.0 Å². The molecular weight excluding hydrogens is 294 g/mol. The Morgan fingerprint density at radius 3 is 2.91 bits per heavy atom. The minimum Gasteiger partial charge on any atom is -0.493 e. The van der Waals surface area contributed by atoms with Gasteiger partial charge in [0.25, 0.3) is 0 Å². The van der Waals surface area contributed by atoms with E-state index in [9.17, 15) is 9.59 Å². The van der Waals surface area contributed by atoms with Gasteiger partial charge >= 0.3 is 5.97 Å². The van der Waals surface area contributed by atoms with Gasteiger partial charge in [0, 0.05) is 18.9 Å². The summed E-state index contributed by atoms with van der Waals surface area (Å²) in [6, 6.07) is 6.19. The molecule has 0 bridgehead atoms. The molecule has 1 aliphatic heterocycles. The number of nitrogens with one attached hydrogen (secondary N) is 1. The zero-order valence-corrected chi connectivity index (χ0v) is 13.2. The first-order valence-electron chi connectivity index (χ1n) is 8.38. The molecule has 0 spiro atoms. The molecule has 1 aromatic carbocycles. The van der Waals surface area contributed by atoms with Gasteiger partial charge in [-0.2, -0.15) is 0 Å². The summed E-state index contributed by atoms with van der Waals surface area (Å²) < 4.78 is 5.49. The largest absolute Gasteiger partial charge is 0.493 e. The van der Waals surface area contributed by atoms with Crippen LogP contribution in [0.4, 0.5) is 0 Å². The third-order valence-electron chi connectivity index (χ3n) is 4.86. The number of ether oxygens (including phenoxy) is 1. The lowest BCUT2D eigenvalue weighted by atomic mass is 9.81. The second kappa shape index (κ2) is 7.02. The van der Waals surface area contributed by atoms with Gasteiger partial charge in [0.2, 0.25) is 5.91 Å². The first-order valence-corrected chi connectivity index (χ1v) is 8.38. The molecule has 2 unspecified atom stereocenters. The lowest BCUT2D eigenvalue weighted by molar-refractivity contribution is -0.144. The Balaban J connectivity index is 1.46. The van der Waals surface area contributed by atoms with Gasteiger partial charge in [-0.25, -0.2) is 0 Å². The second-order valence-electron chi connectivity index (χ2n) is 6.48. The zero-order chi connectivity index (χ0) is 16.2. The molecule has 1 heterocycles. The van der Waals surface area contributed by atoms with Crippen molar-refractivity contribution in [1.29, 1.82) is 0 Å². The number of benzene rings is 1. The van der Waals surface area contributed by atoms with E-state index in [4.69, 9.17) is 9.84 Å². The van der Waals surface area contributed by atoms with Crippen molar-refractivity contribution in [3.05, 3.63) is 29.3 Å². The van der Waals surface area contributed by atoms with E-state index in [-0.39, 0.29) is 17.7 Å². The van der Waals surface area contributed by atoms with Crippen LogP contribution < -0.4 is 10.1 Å². The summed E-state index contributed by atoms with van der Waals surface area (Å²) in [6.07, 6.45) is 4.52. The van der Waals surface area contributed by atoms with Crippen molar-refractivity contribution in [3.63, 3.8) is 0 Å². The number of fused-ring (bicyclic) bond motifs is 1. The summed E-state index contributed by atoms with van der Waals surface area (Å²) >= 11 is 0. The predicted octanol–water partition coefficient (Wildman–Crippen LogP) is 2.17. The Morgan fingerprint density at radius 1 is 1.26 bits per heavy atom. The summed E-state index contributed by atoms with van der Waals surface area (Å²) in [4.78, 5) is 23.3. The van der Waals surface area contributed by atoms with Crippen LogP contribution in [-0.2, 0) is 22.4 Å². The Bertz CT molecular complexity index is 599. The van der Waals surface area contributed by atoms with Crippen LogP contribution in [0.5, 0.6) is 5.75 Å². The van der Waals surface area contributed by atoms with Crippen LogP contribution in [0.3, 0.4) is 0 Å². The summed E-state index contributed by atoms with van der Waals surface area (Å²) in [7, 11) is 0. The number of carbonyl (C=O) groups is 2. The first kappa shape index (κ1) is 15.8. The van der Waals surface area contributed by atoms with Gasteiger partial charge in [0.1, 0.15) is 5.75 Å². The average molecular weight is 317 g/mol. The fourth-order valence-corrected chi connectivity index (χ4v) is 3.52. The molecule has 0 aromatic heterocycles. The molecule has 5 nitrogen and oxygen atoms in total. The number of carboxylic acid groups (broad SMARTS) is 1. The number of carboxylic acids is 1. The number of amides is 1. The molecule has 23 heavy (non-hydrogen) atoms. The third-order valence-corrected chi connectivity index (χ3v) is 4.86. The molecule has 3 rings (SSSR count). The Kier molecular flexibility index (Phi) is 4.84. The molecule has 2 aliphatic rings. The number of hydrogen-bond donors (Lipinski definition) is 2. The minimum absolute atomic E-state index is 0.000410. The van der Waals surface area contributed by atoms with Crippen LogP contribution in [0.2, 0.25) is 0 Å². The Morgan fingerprint density at radius 2 is 2.09 bits per heavy atom. The van der Waals surface area contributed by atoms with Crippen molar-refractivity contribution in [1.82, 2.24) is 5.32 Å². The van der Waals surface area contributed by atoms with Gasteiger partial charge in [-0.15, -0.1) is 0 Å². The summed E-state index contributed by atoms with van der Waals surface area (Å²) in [5, 5.41) is 12.1. The van der Waals surface area contributed by atoms with Crippen molar-refractivity contribution in [2.24, 2.45) is 11.8 Å². The molecule has 1 fully saturated rings. The minimum atomic E-state index is -0.775. The van der Waals surface area contributed by atoms with Crippen LogP contribution in [0.1, 0.15) is 36.8 Å². The van der Waals surface area contributed by atoms with Crippen molar-refractivity contribution in [2.75, 3.05) is 13.2 Å². The van der Waals surface area contributed by atoms with E-state index < -0.39 is 5.97 Å². The highest BCUT2D eigenvalue weighted by molar-refractivity contribution is 5.80. The molecular formula is C18H23NO4. The third kappa shape index (κ3) is 3.84. The van der Waals surface area contributed by atoms with E-state index in [1.165, 1.54) is 11.1 Å². The number of carbonyl (C=O) groups excluding carboxylic acids is 1. The van der Waals surface area contributed by atoms with Gasteiger partial charge in [-0.3, -0.25) is 9.59 Å². The predicted molar refractivity (Wildman–Crippen MR) is 85.4 cm³/mol. The first-order chi connectivity index (χ1) is 11.1. The fraction of sp³-hybridized carbons (Fsp3) is 0.556. The fourth-order valence-electron chi connectivity index (χ4n) is 3.52. The maximum absolute atomic E-state index is 12.2. The number of hydrogen-bond acceptors (Lipinski definition) is 3. The Labute approximate surface area is 136 Å². The lowest BCUT2D eigenvalue weighted by Gasteiger charge is -2.25. The van der Waals surface area contributed by atoms with Gasteiger partial charge in [0.15, 0.2) is 0 Å². The van der Waals surface area contributed by atoms with E-state index in [1.54, 1.807) is 0 Å². The highest BCUT2D eigenvalue weighted by Gasteiger charge is 2.30. The van der Waals surface area contributed by atoms with Gasteiger partial charge in [0.05, 0.1) is 12.5 Å². The van der Waals surface area contributed by atoms with Crippen molar-refractivity contribution >= 4 is 11.9 Å². The second-order valence-corrected chi connectivity index (χ2v) is 6.48. The van der Waals surface area contributed by atoms with Crippen molar-refractivity contribution in [3.8, 4) is 5.75 Å². The molecule has 1 aliphatic carbocycles. The van der Waals surface area contributed by atoms with Crippen LogP contribution >= 0.6 is 0 Å². The van der Waals surface area contributed by atoms with Gasteiger partial charge in [-0.05, 0) is 42.9 Å². The summed E-state index contributed by atoms with van der Waals surface area (Å²) in [6.45, 7) is 1.34. The standard InChI is InChI=1S/C18H23NO4/c20-17(14-2-1-3-15(11-14)18(21)22)19-8-6-12-4-5-16-13(10-12)7-9-23-16/h4-5,10,14-15H,1-3,6-9,11H2,(H,19,20)(H,21,22). The van der Waals surface area contributed by atoms with Crippen LogP contribution in [0.25, 0.3) is 0 Å². The quantitative estimate of drug-likeness (QED) is 0.873. The monoisotopic (exact) mass is 317 g/mol. The molecule has 1 saturated carbocycles. The molecule has 5 heteroatoms. The zero-order valence-electron chi connectivity index (χ0n) is 13.2. The van der Waals surface area contributed by atoms with Crippen LogP contribution in [0, 0.1) is 11.8 Å². The van der Waals surface area contributed by atoms with E-state index >= 15 is 0 Å². The Hall–Kier alpha value is -2.04. The topological polar surface area (TPSA) is 75.6 Å². The number of aliphatic carboxylic acids is 1.